The lowest BCUT2D eigenvalue weighted by Crippen LogP contribution is -2.10. The lowest BCUT2D eigenvalue weighted by atomic mass is 9.86. The van der Waals surface area contributed by atoms with Gasteiger partial charge in [-0.15, -0.1) is 0 Å². The van der Waals surface area contributed by atoms with Gasteiger partial charge in [-0.3, -0.25) is 0 Å². The van der Waals surface area contributed by atoms with Crippen LogP contribution in [-0.4, -0.2) is 0 Å². The lowest BCUT2D eigenvalue weighted by Gasteiger charge is -2.20. The third-order valence-electron chi connectivity index (χ3n) is 4.28. The van der Waals surface area contributed by atoms with Gasteiger partial charge in [0.25, 0.3) is 0 Å². The first-order valence-corrected chi connectivity index (χ1v) is 9.42. The van der Waals surface area contributed by atoms with E-state index in [2.05, 4.69) is 65.0 Å². The summed E-state index contributed by atoms with van der Waals surface area (Å²) in [7, 11) is 0. The Morgan fingerprint density at radius 3 is 2.12 bits per heavy atom. The van der Waals surface area contributed by atoms with Crippen molar-refractivity contribution in [3.05, 3.63) is 82.0 Å². The van der Waals surface area contributed by atoms with Gasteiger partial charge >= 0.3 is 0 Å². The van der Waals surface area contributed by atoms with Crippen LogP contribution in [0.5, 0.6) is 0 Å². The molecule has 0 N–H and O–H groups in total. The van der Waals surface area contributed by atoms with E-state index in [0.717, 1.165) is 16.0 Å². The Morgan fingerprint density at radius 1 is 0.960 bits per heavy atom. The average molecular weight is 355 g/mol. The molecule has 25 heavy (non-hydrogen) atoms. The summed E-state index contributed by atoms with van der Waals surface area (Å²) in [6.45, 7) is 12.9. The highest BCUT2D eigenvalue weighted by Gasteiger charge is 2.15. The standard InChI is InChI=1S/C23H27FS/c1-7-16(2)25-22(19-9-8-10-21(24)15-19)17(3)18-11-13-20(14-12-18)23(4,5)6/h7-15H,1-6H3/b16-7-,22-17+. The predicted molar refractivity (Wildman–Crippen MR) is 111 cm³/mol. The molecule has 0 aliphatic heterocycles. The average Bonchev–Trinajstić information content (AvgIpc) is 2.58. The Morgan fingerprint density at radius 2 is 1.60 bits per heavy atom. The second kappa shape index (κ2) is 8.05. The van der Waals surface area contributed by atoms with Gasteiger partial charge in [0.05, 0.1) is 0 Å². The van der Waals surface area contributed by atoms with Crippen LogP contribution in [-0.2, 0) is 5.41 Å². The van der Waals surface area contributed by atoms with Crippen LogP contribution >= 0.6 is 11.8 Å². The summed E-state index contributed by atoms with van der Waals surface area (Å²) in [5.41, 5.74) is 4.70. The maximum absolute atomic E-state index is 13.8. The van der Waals surface area contributed by atoms with Crippen molar-refractivity contribution in [2.24, 2.45) is 0 Å². The molecule has 0 unspecified atom stereocenters. The largest absolute Gasteiger partial charge is 0.207 e. The van der Waals surface area contributed by atoms with Crippen LogP contribution in [0.25, 0.3) is 10.5 Å². The van der Waals surface area contributed by atoms with Gasteiger partial charge in [-0.1, -0.05) is 75.0 Å². The molecule has 0 bridgehead atoms. The monoisotopic (exact) mass is 354 g/mol. The van der Waals surface area contributed by atoms with E-state index >= 15 is 0 Å². The van der Waals surface area contributed by atoms with Gasteiger partial charge in [0.2, 0.25) is 0 Å². The first-order chi connectivity index (χ1) is 11.7. The Balaban J connectivity index is 2.53. The minimum absolute atomic E-state index is 0.137. The zero-order valence-corrected chi connectivity index (χ0v) is 16.8. The van der Waals surface area contributed by atoms with Crippen molar-refractivity contribution in [2.45, 2.75) is 47.0 Å². The Hall–Kier alpha value is -1.80. The van der Waals surface area contributed by atoms with E-state index in [9.17, 15) is 4.39 Å². The van der Waals surface area contributed by atoms with E-state index < -0.39 is 0 Å². The van der Waals surface area contributed by atoms with E-state index in [1.54, 1.807) is 23.9 Å². The van der Waals surface area contributed by atoms with Crippen molar-refractivity contribution in [1.82, 2.24) is 0 Å². The van der Waals surface area contributed by atoms with Crippen molar-refractivity contribution in [2.75, 3.05) is 0 Å². The van der Waals surface area contributed by atoms with Crippen LogP contribution in [0.15, 0.2) is 59.5 Å². The van der Waals surface area contributed by atoms with Crippen molar-refractivity contribution >= 4 is 22.2 Å². The van der Waals surface area contributed by atoms with Crippen LogP contribution in [0, 0.1) is 5.82 Å². The molecule has 2 aromatic rings. The van der Waals surface area contributed by atoms with Crippen molar-refractivity contribution < 1.29 is 4.39 Å². The van der Waals surface area contributed by atoms with E-state index in [4.69, 9.17) is 0 Å². The molecule has 0 aliphatic carbocycles. The highest BCUT2D eigenvalue weighted by atomic mass is 32.2. The van der Waals surface area contributed by atoms with Crippen molar-refractivity contribution in [3.8, 4) is 0 Å². The molecule has 0 saturated carbocycles. The third kappa shape index (κ3) is 5.09. The normalized spacial score (nSPS) is 13.6. The smallest absolute Gasteiger partial charge is 0.123 e. The second-order valence-electron chi connectivity index (χ2n) is 7.29. The molecule has 0 saturated heterocycles. The highest BCUT2D eigenvalue weighted by Crippen LogP contribution is 2.39. The molecular weight excluding hydrogens is 327 g/mol. The van der Waals surface area contributed by atoms with Gasteiger partial charge in [0, 0.05) is 4.91 Å². The molecule has 2 heteroatoms. The zero-order valence-electron chi connectivity index (χ0n) is 16.0. The van der Waals surface area contributed by atoms with Gasteiger partial charge in [-0.05, 0) is 65.5 Å². The fourth-order valence-corrected chi connectivity index (χ4v) is 3.51. The molecule has 0 aromatic heterocycles. The fourth-order valence-electron chi connectivity index (χ4n) is 2.55. The van der Waals surface area contributed by atoms with Gasteiger partial charge in [0.15, 0.2) is 0 Å². The number of halogens is 1. The van der Waals surface area contributed by atoms with E-state index in [-0.39, 0.29) is 11.2 Å². The van der Waals surface area contributed by atoms with Crippen LogP contribution in [0.3, 0.4) is 0 Å². The Labute approximate surface area is 155 Å². The number of allylic oxidation sites excluding steroid dienone is 3. The molecule has 2 aromatic carbocycles. The maximum atomic E-state index is 13.8. The number of benzene rings is 2. The highest BCUT2D eigenvalue weighted by molar-refractivity contribution is 8.12. The first-order valence-electron chi connectivity index (χ1n) is 8.61. The lowest BCUT2D eigenvalue weighted by molar-refractivity contribution is 0.590. The zero-order chi connectivity index (χ0) is 18.6. The molecular formula is C23H27FS. The Bertz CT molecular complexity index is 790. The minimum Gasteiger partial charge on any atom is -0.207 e. The van der Waals surface area contributed by atoms with Crippen LogP contribution in [0.2, 0.25) is 0 Å². The molecule has 0 fully saturated rings. The molecule has 132 valence electrons. The van der Waals surface area contributed by atoms with E-state index in [1.165, 1.54) is 22.1 Å². The number of hydrogen-bond acceptors (Lipinski definition) is 1. The summed E-state index contributed by atoms with van der Waals surface area (Å²) in [4.78, 5) is 2.29. The molecule has 0 spiro atoms. The molecule has 2 rings (SSSR count). The third-order valence-corrected chi connectivity index (χ3v) is 5.58. The maximum Gasteiger partial charge on any atom is 0.123 e. The van der Waals surface area contributed by atoms with Crippen molar-refractivity contribution in [3.63, 3.8) is 0 Å². The molecule has 0 heterocycles. The van der Waals surface area contributed by atoms with Gasteiger partial charge in [0.1, 0.15) is 5.82 Å². The summed E-state index contributed by atoms with van der Waals surface area (Å²) < 4.78 is 13.8. The molecule has 0 amide bonds. The number of hydrogen-bond donors (Lipinski definition) is 0. The van der Waals surface area contributed by atoms with E-state index in [1.807, 2.05) is 13.0 Å². The van der Waals surface area contributed by atoms with Crippen LogP contribution in [0.4, 0.5) is 4.39 Å². The molecule has 0 radical (unpaired) electrons. The molecule has 0 aliphatic rings. The SMILES string of the molecule is C/C=C(/C)S/C(=C(\C)c1ccc(C(C)(C)C)cc1)c1cccc(F)c1. The molecule has 0 nitrogen and oxygen atoms in total. The summed E-state index contributed by atoms with van der Waals surface area (Å²) in [6, 6.07) is 15.6. The van der Waals surface area contributed by atoms with Crippen molar-refractivity contribution in [1.29, 1.82) is 0 Å². The molecule has 0 atom stereocenters. The number of rotatable bonds is 4. The quantitative estimate of drug-likeness (QED) is 0.508. The first kappa shape index (κ1) is 19.5. The summed E-state index contributed by atoms with van der Waals surface area (Å²) in [6.07, 6.45) is 2.08. The topological polar surface area (TPSA) is 0 Å². The van der Waals surface area contributed by atoms with E-state index in [0.29, 0.717) is 0 Å². The summed E-state index contributed by atoms with van der Waals surface area (Å²) >= 11 is 1.69. The Kier molecular flexibility index (Phi) is 6.29. The van der Waals surface area contributed by atoms with Gasteiger partial charge in [-0.25, -0.2) is 4.39 Å². The van der Waals surface area contributed by atoms with Crippen LogP contribution < -0.4 is 0 Å². The predicted octanol–water partition coefficient (Wildman–Crippen LogP) is 7.67. The van der Waals surface area contributed by atoms with Crippen LogP contribution in [0.1, 0.15) is 58.2 Å². The van der Waals surface area contributed by atoms with Gasteiger partial charge in [-0.2, -0.15) is 0 Å². The minimum atomic E-state index is -0.204. The summed E-state index contributed by atoms with van der Waals surface area (Å²) in [5.74, 6) is -0.204. The number of thioether (sulfide) groups is 1. The fraction of sp³-hybridized carbons (Fsp3) is 0.304. The van der Waals surface area contributed by atoms with Gasteiger partial charge < -0.3 is 0 Å². The summed E-state index contributed by atoms with van der Waals surface area (Å²) in [5, 5.41) is 0. The second-order valence-corrected chi connectivity index (χ2v) is 8.55.